The average Bonchev–Trinajstić information content (AvgIpc) is 2.45. The molecule has 13 heavy (non-hydrogen) atoms. The lowest BCUT2D eigenvalue weighted by atomic mass is 10.3. The molecule has 0 amide bonds. The molecular weight excluding hydrogens is 188 g/mol. The third-order valence-corrected chi connectivity index (χ3v) is 2.47. The summed E-state index contributed by atoms with van der Waals surface area (Å²) < 4.78 is 20.2. The molecule has 0 bridgehead atoms. The van der Waals surface area contributed by atoms with Crippen LogP contribution in [0.5, 0.6) is 0 Å². The van der Waals surface area contributed by atoms with Crippen LogP contribution in [0.2, 0.25) is 0 Å². The monoisotopic (exact) mass is 196 g/mol. The van der Waals surface area contributed by atoms with Gasteiger partial charge >= 0.3 is 0 Å². The maximum atomic E-state index is 11.1. The number of nitrogens with one attached hydrogen (secondary N) is 1. The first-order valence-corrected chi connectivity index (χ1v) is 5.30. The van der Waals surface area contributed by atoms with Gasteiger partial charge in [0.15, 0.2) is 0 Å². The summed E-state index contributed by atoms with van der Waals surface area (Å²) in [4.78, 5) is 6.68. The fourth-order valence-electron chi connectivity index (χ4n) is 1.08. The van der Waals surface area contributed by atoms with Gasteiger partial charge in [-0.3, -0.25) is 0 Å². The van der Waals surface area contributed by atoms with E-state index in [4.69, 9.17) is 4.55 Å². The second kappa shape index (κ2) is 2.58. The average molecular weight is 196 g/mol. The van der Waals surface area contributed by atoms with Crippen molar-refractivity contribution in [3.63, 3.8) is 0 Å². The van der Waals surface area contributed by atoms with Crippen LogP contribution in [0.15, 0.2) is 29.4 Å². The highest BCUT2D eigenvalue weighted by Gasteiger charge is 2.08. The SMILES string of the molecule is C=S(=O)(O)c1nc2ccccc2[nH]1. The van der Waals surface area contributed by atoms with Crippen LogP contribution in [-0.4, -0.2) is 24.6 Å². The first-order chi connectivity index (χ1) is 6.07. The lowest BCUT2D eigenvalue weighted by molar-refractivity contribution is 0.553. The van der Waals surface area contributed by atoms with E-state index in [1.165, 1.54) is 0 Å². The van der Waals surface area contributed by atoms with E-state index in [0.717, 1.165) is 5.52 Å². The minimum atomic E-state index is -3.23. The highest BCUT2D eigenvalue weighted by Crippen LogP contribution is 2.12. The Balaban J connectivity index is 2.77. The number of H-pyrrole nitrogens is 1. The molecule has 0 saturated carbocycles. The van der Waals surface area contributed by atoms with Crippen LogP contribution >= 0.6 is 0 Å². The molecule has 0 saturated heterocycles. The lowest BCUT2D eigenvalue weighted by Gasteiger charge is -1.91. The largest absolute Gasteiger partial charge is 0.329 e. The number of para-hydroxylation sites is 2. The summed E-state index contributed by atoms with van der Waals surface area (Å²) in [5.74, 6) is 3.13. The van der Waals surface area contributed by atoms with E-state index in [-0.39, 0.29) is 5.16 Å². The fraction of sp³-hybridized carbons (Fsp3) is 0. The summed E-state index contributed by atoms with van der Waals surface area (Å²) in [6.45, 7) is 0. The van der Waals surface area contributed by atoms with Crippen LogP contribution < -0.4 is 0 Å². The fourth-order valence-corrected chi connectivity index (χ4v) is 1.59. The van der Waals surface area contributed by atoms with Gasteiger partial charge < -0.3 is 9.54 Å². The maximum Gasteiger partial charge on any atom is 0.214 e. The lowest BCUT2D eigenvalue weighted by Crippen LogP contribution is -1.99. The van der Waals surface area contributed by atoms with Crippen LogP contribution in [-0.2, 0) is 9.80 Å². The van der Waals surface area contributed by atoms with E-state index in [2.05, 4.69) is 15.8 Å². The van der Waals surface area contributed by atoms with Gasteiger partial charge in [0.1, 0.15) is 9.80 Å². The van der Waals surface area contributed by atoms with Crippen molar-refractivity contribution in [3.8, 4) is 0 Å². The Morgan fingerprint density at radius 2 is 2.15 bits per heavy atom. The summed E-state index contributed by atoms with van der Waals surface area (Å²) >= 11 is 0. The first kappa shape index (κ1) is 8.28. The molecule has 0 aliphatic rings. The molecule has 0 aliphatic heterocycles. The van der Waals surface area contributed by atoms with Crippen molar-refractivity contribution in [3.05, 3.63) is 24.3 Å². The maximum absolute atomic E-state index is 11.1. The third-order valence-electron chi connectivity index (χ3n) is 1.67. The number of nitrogens with zero attached hydrogens (tertiary/aromatic N) is 1. The van der Waals surface area contributed by atoms with Crippen LogP contribution in [0.25, 0.3) is 11.0 Å². The molecule has 0 aliphatic carbocycles. The van der Waals surface area contributed by atoms with Crippen LogP contribution in [0, 0.1) is 0 Å². The number of benzene rings is 1. The van der Waals surface area contributed by atoms with Crippen molar-refractivity contribution >= 4 is 26.7 Å². The minimum Gasteiger partial charge on any atom is -0.329 e. The van der Waals surface area contributed by atoms with Crippen molar-refractivity contribution in [1.82, 2.24) is 9.97 Å². The summed E-state index contributed by atoms with van der Waals surface area (Å²) in [7, 11) is -3.23. The molecule has 1 unspecified atom stereocenters. The Bertz CT molecular complexity index is 509. The van der Waals surface area contributed by atoms with Gasteiger partial charge in [-0.25, -0.2) is 9.19 Å². The molecule has 0 spiro atoms. The van der Waals surface area contributed by atoms with E-state index in [0.29, 0.717) is 5.52 Å². The predicted molar refractivity (Wildman–Crippen MR) is 52.3 cm³/mol. The quantitative estimate of drug-likeness (QED) is 0.671. The van der Waals surface area contributed by atoms with Gasteiger partial charge in [0, 0.05) is 0 Å². The molecule has 2 aromatic rings. The summed E-state index contributed by atoms with van der Waals surface area (Å²) in [6, 6.07) is 7.19. The molecule has 0 radical (unpaired) electrons. The Hall–Kier alpha value is -1.33. The van der Waals surface area contributed by atoms with E-state index in [1.54, 1.807) is 12.1 Å². The number of imidazole rings is 1. The molecule has 1 heterocycles. The number of hydrogen-bond donors (Lipinski definition) is 2. The predicted octanol–water partition coefficient (Wildman–Crippen LogP) is 1.11. The number of aromatic amines is 1. The molecule has 2 N–H and O–H groups in total. The zero-order chi connectivity index (χ0) is 9.47. The number of hydrogen-bond acceptors (Lipinski definition) is 2. The molecule has 1 atom stereocenters. The molecule has 1 aromatic carbocycles. The zero-order valence-electron chi connectivity index (χ0n) is 6.73. The van der Waals surface area contributed by atoms with Crippen LogP contribution in [0.4, 0.5) is 0 Å². The van der Waals surface area contributed by atoms with E-state index in [9.17, 15) is 4.21 Å². The molecule has 68 valence electrons. The Labute approximate surface area is 75.5 Å². The van der Waals surface area contributed by atoms with E-state index in [1.807, 2.05) is 12.1 Å². The normalized spacial score (nSPS) is 15.8. The summed E-state index contributed by atoms with van der Waals surface area (Å²) in [5, 5.41) is 0.0219. The van der Waals surface area contributed by atoms with Crippen molar-refractivity contribution < 1.29 is 8.76 Å². The second-order valence-electron chi connectivity index (χ2n) is 2.70. The van der Waals surface area contributed by atoms with Gasteiger partial charge in [0.25, 0.3) is 0 Å². The Morgan fingerprint density at radius 1 is 1.46 bits per heavy atom. The zero-order valence-corrected chi connectivity index (χ0v) is 7.54. The topological polar surface area (TPSA) is 66.0 Å². The standard InChI is InChI=1S/C8H8N2O2S/c1-13(11,12)8-9-6-4-2-3-5-7(6)10-8/h2-5H,1H2,(H,9,10)(H,11,12). The second-order valence-corrected chi connectivity index (χ2v) is 4.37. The third kappa shape index (κ3) is 1.43. The molecular formula is C8H8N2O2S. The molecule has 1 aromatic heterocycles. The van der Waals surface area contributed by atoms with Crippen LogP contribution in [0.3, 0.4) is 0 Å². The smallest absolute Gasteiger partial charge is 0.214 e. The summed E-state index contributed by atoms with van der Waals surface area (Å²) in [6.07, 6.45) is 0. The highest BCUT2D eigenvalue weighted by molar-refractivity contribution is 7.94. The minimum absolute atomic E-state index is 0.0219. The van der Waals surface area contributed by atoms with Crippen molar-refractivity contribution in [2.45, 2.75) is 5.16 Å². The molecule has 0 fully saturated rings. The first-order valence-electron chi connectivity index (χ1n) is 3.62. The van der Waals surface area contributed by atoms with Gasteiger partial charge in [-0.15, -0.1) is 0 Å². The van der Waals surface area contributed by atoms with Gasteiger partial charge in [0.05, 0.1) is 11.0 Å². The van der Waals surface area contributed by atoms with Crippen molar-refractivity contribution in [2.75, 3.05) is 0 Å². The Morgan fingerprint density at radius 3 is 2.77 bits per heavy atom. The van der Waals surface area contributed by atoms with Gasteiger partial charge in [0.2, 0.25) is 5.16 Å². The molecule has 5 heteroatoms. The molecule has 2 rings (SSSR count). The number of fused-ring (bicyclic) bond motifs is 1. The summed E-state index contributed by atoms with van der Waals surface area (Å²) in [5.41, 5.74) is 1.41. The van der Waals surface area contributed by atoms with Crippen molar-refractivity contribution in [1.29, 1.82) is 0 Å². The van der Waals surface area contributed by atoms with Gasteiger partial charge in [-0.1, -0.05) is 12.1 Å². The van der Waals surface area contributed by atoms with Gasteiger partial charge in [-0.05, 0) is 18.0 Å². The highest BCUT2D eigenvalue weighted by atomic mass is 32.2. The van der Waals surface area contributed by atoms with Crippen LogP contribution in [0.1, 0.15) is 0 Å². The number of rotatable bonds is 1. The number of aromatic nitrogens is 2. The van der Waals surface area contributed by atoms with E-state index >= 15 is 0 Å². The molecule has 4 nitrogen and oxygen atoms in total. The van der Waals surface area contributed by atoms with Gasteiger partial charge in [-0.2, -0.15) is 0 Å². The van der Waals surface area contributed by atoms with Crippen molar-refractivity contribution in [2.24, 2.45) is 0 Å². The van der Waals surface area contributed by atoms with E-state index < -0.39 is 9.80 Å². The Kier molecular flexibility index (Phi) is 1.64.